The van der Waals surface area contributed by atoms with Crippen molar-refractivity contribution in [1.82, 2.24) is 4.90 Å². The number of hydrogen-bond donors (Lipinski definition) is 1. The number of fused-ring (bicyclic) bond motifs is 3. The van der Waals surface area contributed by atoms with Crippen molar-refractivity contribution in [2.24, 2.45) is 5.92 Å². The van der Waals surface area contributed by atoms with E-state index in [2.05, 4.69) is 17.0 Å². The third-order valence-corrected chi connectivity index (χ3v) is 7.12. The first kappa shape index (κ1) is 21.5. The number of aliphatic hydroxyl groups excluding tert-OH is 1. The van der Waals surface area contributed by atoms with E-state index in [-0.39, 0.29) is 36.1 Å². The minimum Gasteiger partial charge on any atom is -0.497 e. The third-order valence-electron chi connectivity index (χ3n) is 7.12. The van der Waals surface area contributed by atoms with E-state index in [4.69, 9.17) is 4.74 Å². The van der Waals surface area contributed by atoms with Gasteiger partial charge in [-0.2, -0.15) is 0 Å². The molecule has 0 bridgehead atoms. The molecule has 0 aromatic heterocycles. The number of benzene rings is 3. The number of rotatable bonds is 4. The predicted molar refractivity (Wildman–Crippen MR) is 126 cm³/mol. The van der Waals surface area contributed by atoms with Gasteiger partial charge in [-0.05, 0) is 59.5 Å². The summed E-state index contributed by atoms with van der Waals surface area (Å²) in [6.45, 7) is 0.520. The van der Waals surface area contributed by atoms with Gasteiger partial charge < -0.3 is 19.6 Å². The summed E-state index contributed by atoms with van der Waals surface area (Å²) in [5, 5.41) is 10.2. The number of anilines is 1. The lowest BCUT2D eigenvalue weighted by Crippen LogP contribution is -2.48. The van der Waals surface area contributed by atoms with Crippen molar-refractivity contribution in [3.63, 3.8) is 0 Å². The normalized spacial score (nSPS) is 21.5. The molecule has 1 amide bonds. The molecule has 0 saturated carbocycles. The van der Waals surface area contributed by atoms with E-state index in [9.17, 15) is 14.3 Å². The van der Waals surface area contributed by atoms with Crippen molar-refractivity contribution >= 4 is 11.6 Å². The standard InChI is InChI=1S/C27H27FN2O3/c1-29-24-11-10-18(17-6-5-7-19(14-17)33-2)15-22(24)26-21(25(29)16-31)12-13-30(26)27(32)20-8-3-4-9-23(20)28/h3-11,14-15,21,25-26,31H,12-13,16H2,1-2H3/t21-,25-,26-/m1/s1. The van der Waals surface area contributed by atoms with Gasteiger partial charge in [0.2, 0.25) is 0 Å². The lowest BCUT2D eigenvalue weighted by molar-refractivity contribution is 0.0689. The molecule has 1 N–H and O–H groups in total. The van der Waals surface area contributed by atoms with E-state index in [1.165, 1.54) is 12.1 Å². The van der Waals surface area contributed by atoms with Crippen molar-refractivity contribution in [2.45, 2.75) is 18.5 Å². The van der Waals surface area contributed by atoms with Gasteiger partial charge >= 0.3 is 0 Å². The van der Waals surface area contributed by atoms with Crippen molar-refractivity contribution in [2.75, 3.05) is 32.2 Å². The van der Waals surface area contributed by atoms with Crippen LogP contribution in [-0.4, -0.2) is 49.3 Å². The molecule has 5 rings (SSSR count). The molecule has 6 heteroatoms. The van der Waals surface area contributed by atoms with Gasteiger partial charge in [-0.15, -0.1) is 0 Å². The molecular formula is C27H27FN2O3. The summed E-state index contributed by atoms with van der Waals surface area (Å²) < 4.78 is 19.9. The maximum atomic E-state index is 14.5. The number of likely N-dealkylation sites (tertiary alicyclic amines) is 1. The highest BCUT2D eigenvalue weighted by Crippen LogP contribution is 2.49. The fraction of sp³-hybridized carbons (Fsp3) is 0.296. The fourth-order valence-electron chi connectivity index (χ4n) is 5.45. The van der Waals surface area contributed by atoms with Crippen LogP contribution in [0, 0.1) is 11.7 Å². The third kappa shape index (κ3) is 3.55. The zero-order valence-corrected chi connectivity index (χ0v) is 18.7. The maximum absolute atomic E-state index is 14.5. The van der Waals surface area contributed by atoms with Gasteiger partial charge in [0.05, 0.1) is 31.4 Å². The molecule has 33 heavy (non-hydrogen) atoms. The Bertz CT molecular complexity index is 1200. The number of carbonyl (C=O) groups is 1. The minimum atomic E-state index is -0.511. The van der Waals surface area contributed by atoms with Crippen LogP contribution < -0.4 is 9.64 Å². The first-order valence-electron chi connectivity index (χ1n) is 11.2. The Labute approximate surface area is 193 Å². The van der Waals surface area contributed by atoms with Crippen molar-refractivity contribution in [3.8, 4) is 16.9 Å². The monoisotopic (exact) mass is 446 g/mol. The summed E-state index contributed by atoms with van der Waals surface area (Å²) in [5.41, 5.74) is 4.13. The van der Waals surface area contributed by atoms with Gasteiger partial charge in [-0.25, -0.2) is 4.39 Å². The average Bonchev–Trinajstić information content (AvgIpc) is 3.29. The Morgan fingerprint density at radius 2 is 1.88 bits per heavy atom. The van der Waals surface area contributed by atoms with Crippen LogP contribution in [0.5, 0.6) is 5.75 Å². The topological polar surface area (TPSA) is 53.0 Å². The smallest absolute Gasteiger partial charge is 0.257 e. The summed E-state index contributed by atoms with van der Waals surface area (Å²) in [6, 6.07) is 19.9. The molecule has 1 saturated heterocycles. The molecular weight excluding hydrogens is 419 g/mol. The van der Waals surface area contributed by atoms with Gasteiger partial charge in [0.15, 0.2) is 0 Å². The largest absolute Gasteiger partial charge is 0.497 e. The van der Waals surface area contributed by atoms with E-state index in [1.807, 2.05) is 37.4 Å². The second-order valence-electron chi connectivity index (χ2n) is 8.74. The number of carbonyl (C=O) groups excluding carboxylic acids is 1. The van der Waals surface area contributed by atoms with Crippen LogP contribution in [0.1, 0.15) is 28.4 Å². The number of aliphatic hydroxyl groups is 1. The Morgan fingerprint density at radius 3 is 2.64 bits per heavy atom. The number of nitrogens with zero attached hydrogens (tertiary/aromatic N) is 2. The highest BCUT2D eigenvalue weighted by molar-refractivity contribution is 5.95. The van der Waals surface area contributed by atoms with Crippen molar-refractivity contribution < 1.29 is 19.0 Å². The molecule has 0 spiro atoms. The fourth-order valence-corrected chi connectivity index (χ4v) is 5.45. The molecule has 2 aliphatic rings. The Kier molecular flexibility index (Phi) is 5.54. The second-order valence-corrected chi connectivity index (χ2v) is 8.74. The SMILES string of the molecule is COc1cccc(-c2ccc3c(c2)[C@H]2[C@H](CCN2C(=O)c2ccccc2F)[C@@H](CO)N3C)c1. The van der Waals surface area contributed by atoms with Crippen molar-refractivity contribution in [3.05, 3.63) is 83.7 Å². The van der Waals surface area contributed by atoms with Gasteiger partial charge in [0.1, 0.15) is 11.6 Å². The van der Waals surface area contributed by atoms with Crippen molar-refractivity contribution in [1.29, 1.82) is 0 Å². The summed E-state index contributed by atoms with van der Waals surface area (Å²) in [6.07, 6.45) is 0.753. The Balaban J connectivity index is 1.61. The molecule has 0 radical (unpaired) electrons. The zero-order valence-electron chi connectivity index (χ0n) is 18.7. The number of amides is 1. The van der Waals surface area contributed by atoms with Gasteiger partial charge in [-0.3, -0.25) is 4.79 Å². The van der Waals surface area contributed by atoms with Crippen LogP contribution in [-0.2, 0) is 0 Å². The van der Waals surface area contributed by atoms with Crippen LogP contribution in [0.2, 0.25) is 0 Å². The van der Waals surface area contributed by atoms with Crippen LogP contribution >= 0.6 is 0 Å². The lowest BCUT2D eigenvalue weighted by Gasteiger charge is -2.44. The van der Waals surface area contributed by atoms with E-state index < -0.39 is 5.82 Å². The molecule has 170 valence electrons. The quantitative estimate of drug-likeness (QED) is 0.641. The number of methoxy groups -OCH3 is 1. The van der Waals surface area contributed by atoms with Crippen LogP contribution in [0.3, 0.4) is 0 Å². The van der Waals surface area contributed by atoms with Gasteiger partial charge in [0, 0.05) is 25.2 Å². The average molecular weight is 447 g/mol. The van der Waals surface area contributed by atoms with Crippen LogP contribution in [0.15, 0.2) is 66.7 Å². The van der Waals surface area contributed by atoms with E-state index >= 15 is 0 Å². The lowest BCUT2D eigenvalue weighted by atomic mass is 9.81. The summed E-state index contributed by atoms with van der Waals surface area (Å²) in [4.78, 5) is 17.3. The van der Waals surface area contributed by atoms with Crippen LogP contribution in [0.25, 0.3) is 11.1 Å². The minimum absolute atomic E-state index is 0.00350. The summed E-state index contributed by atoms with van der Waals surface area (Å²) in [5.74, 6) is 0.0177. The molecule has 3 atom stereocenters. The van der Waals surface area contributed by atoms with Gasteiger partial charge in [-0.1, -0.05) is 30.3 Å². The van der Waals surface area contributed by atoms with E-state index in [0.29, 0.717) is 6.54 Å². The Morgan fingerprint density at radius 1 is 1.09 bits per heavy atom. The van der Waals surface area contributed by atoms with E-state index in [1.54, 1.807) is 24.1 Å². The van der Waals surface area contributed by atoms with E-state index in [0.717, 1.165) is 34.5 Å². The molecule has 5 nitrogen and oxygen atoms in total. The number of halogens is 1. The summed E-state index contributed by atoms with van der Waals surface area (Å²) >= 11 is 0. The summed E-state index contributed by atoms with van der Waals surface area (Å²) in [7, 11) is 3.63. The zero-order chi connectivity index (χ0) is 23.1. The number of likely N-dealkylation sites (N-methyl/N-ethyl adjacent to an activating group) is 1. The Hall–Kier alpha value is -3.38. The molecule has 1 fully saturated rings. The molecule has 3 aromatic carbocycles. The maximum Gasteiger partial charge on any atom is 0.257 e. The predicted octanol–water partition coefficient (Wildman–Crippen LogP) is 4.52. The van der Waals surface area contributed by atoms with Crippen LogP contribution in [0.4, 0.5) is 10.1 Å². The molecule has 2 aliphatic heterocycles. The molecule has 0 unspecified atom stereocenters. The first-order valence-corrected chi connectivity index (χ1v) is 11.2. The molecule has 0 aliphatic carbocycles. The second kappa shape index (κ2) is 8.52. The molecule has 2 heterocycles. The highest BCUT2D eigenvalue weighted by Gasteiger charge is 2.48. The first-order chi connectivity index (χ1) is 16.0. The number of hydrogen-bond acceptors (Lipinski definition) is 4. The molecule has 3 aromatic rings. The highest BCUT2D eigenvalue weighted by atomic mass is 19.1. The van der Waals surface area contributed by atoms with Gasteiger partial charge in [0.25, 0.3) is 5.91 Å². The number of ether oxygens (including phenoxy) is 1.